The van der Waals surface area contributed by atoms with Gasteiger partial charge >= 0.3 is 0 Å². The van der Waals surface area contributed by atoms with E-state index in [1.54, 1.807) is 0 Å². The lowest BCUT2D eigenvalue weighted by atomic mass is 9.94. The van der Waals surface area contributed by atoms with Crippen LogP contribution >= 0.6 is 0 Å². The maximum absolute atomic E-state index is 9.25. The first kappa shape index (κ1) is 16.5. The van der Waals surface area contributed by atoms with E-state index in [1.807, 2.05) is 49.8 Å². The summed E-state index contributed by atoms with van der Waals surface area (Å²) in [6.45, 7) is 4.26. The van der Waals surface area contributed by atoms with Gasteiger partial charge in [0.15, 0.2) is 5.52 Å². The standard InChI is InChI=1S/C24H18N3O/c1-14-10-19-17-9-8-16(12-25)11-21(17)28-24(19)22(15(14)2)23-18-6-4-5-7-20(18)26-13-27(23)3/h4-11,13H,1-3H3/q+1. The number of hydrogen-bond donors (Lipinski definition) is 0. The molecule has 0 aliphatic rings. The molecule has 0 saturated heterocycles. The molecule has 28 heavy (non-hydrogen) atoms. The summed E-state index contributed by atoms with van der Waals surface area (Å²) in [4.78, 5) is 4.56. The molecule has 0 N–H and O–H groups in total. The highest BCUT2D eigenvalue weighted by Crippen LogP contribution is 2.40. The van der Waals surface area contributed by atoms with Crippen molar-refractivity contribution in [1.82, 2.24) is 4.98 Å². The topological polar surface area (TPSA) is 53.7 Å². The molecular formula is C24H18N3O+. The largest absolute Gasteiger partial charge is 0.455 e. The van der Waals surface area contributed by atoms with Gasteiger partial charge in [0.05, 0.1) is 29.6 Å². The third kappa shape index (κ3) is 2.23. The molecule has 4 heteroatoms. The Balaban J connectivity index is 1.99. The lowest BCUT2D eigenvalue weighted by Crippen LogP contribution is -2.32. The summed E-state index contributed by atoms with van der Waals surface area (Å²) in [5.41, 5.74) is 7.67. The van der Waals surface area contributed by atoms with E-state index in [9.17, 15) is 5.26 Å². The van der Waals surface area contributed by atoms with Gasteiger partial charge in [-0.15, -0.1) is 0 Å². The maximum atomic E-state index is 9.25. The molecule has 3 aromatic carbocycles. The molecule has 0 saturated carbocycles. The van der Waals surface area contributed by atoms with Gasteiger partial charge in [0, 0.05) is 10.8 Å². The summed E-state index contributed by atoms with van der Waals surface area (Å²) in [5, 5.41) is 12.4. The molecule has 0 aliphatic carbocycles. The quantitative estimate of drug-likeness (QED) is 0.388. The Hall–Kier alpha value is -3.71. The fraction of sp³-hybridized carbons (Fsp3) is 0.125. The highest BCUT2D eigenvalue weighted by Gasteiger charge is 2.23. The van der Waals surface area contributed by atoms with Crippen LogP contribution in [-0.4, -0.2) is 4.98 Å². The van der Waals surface area contributed by atoms with Crippen molar-refractivity contribution in [1.29, 1.82) is 5.26 Å². The van der Waals surface area contributed by atoms with E-state index >= 15 is 0 Å². The van der Waals surface area contributed by atoms with Gasteiger partial charge in [0.1, 0.15) is 16.9 Å². The Morgan fingerprint density at radius 3 is 2.64 bits per heavy atom. The average Bonchev–Trinajstić information content (AvgIpc) is 3.07. The molecule has 5 aromatic rings. The van der Waals surface area contributed by atoms with E-state index in [-0.39, 0.29) is 0 Å². The van der Waals surface area contributed by atoms with Crippen molar-refractivity contribution >= 4 is 32.8 Å². The fourth-order valence-corrected chi connectivity index (χ4v) is 3.99. The fourth-order valence-electron chi connectivity index (χ4n) is 3.99. The zero-order chi connectivity index (χ0) is 19.4. The van der Waals surface area contributed by atoms with Crippen LogP contribution < -0.4 is 4.57 Å². The predicted octanol–water partition coefficient (Wildman–Crippen LogP) is 5.11. The minimum atomic E-state index is 0.599. The van der Waals surface area contributed by atoms with Crippen molar-refractivity contribution < 1.29 is 8.98 Å². The Morgan fingerprint density at radius 1 is 1.00 bits per heavy atom. The second-order valence-corrected chi connectivity index (χ2v) is 7.22. The van der Waals surface area contributed by atoms with Gasteiger partial charge in [-0.05, 0) is 66.4 Å². The third-order valence-electron chi connectivity index (χ3n) is 5.53. The molecular weight excluding hydrogens is 346 g/mol. The molecule has 0 bridgehead atoms. The van der Waals surface area contributed by atoms with Crippen molar-refractivity contribution in [2.75, 3.05) is 0 Å². The summed E-state index contributed by atoms with van der Waals surface area (Å²) >= 11 is 0. The number of furan rings is 1. The predicted molar refractivity (Wildman–Crippen MR) is 110 cm³/mol. The number of aromatic nitrogens is 2. The number of aryl methyl sites for hydroxylation is 2. The second kappa shape index (κ2) is 5.90. The van der Waals surface area contributed by atoms with E-state index in [0.717, 1.165) is 44.1 Å². The molecule has 0 radical (unpaired) electrons. The number of rotatable bonds is 1. The zero-order valence-corrected chi connectivity index (χ0v) is 15.9. The van der Waals surface area contributed by atoms with E-state index in [0.29, 0.717) is 5.56 Å². The van der Waals surface area contributed by atoms with Gasteiger partial charge in [-0.2, -0.15) is 5.26 Å². The summed E-state index contributed by atoms with van der Waals surface area (Å²) in [6.07, 6.45) is 1.85. The molecule has 5 rings (SSSR count). The first-order valence-electron chi connectivity index (χ1n) is 9.19. The van der Waals surface area contributed by atoms with Gasteiger partial charge in [0.25, 0.3) is 6.33 Å². The average molecular weight is 364 g/mol. The van der Waals surface area contributed by atoms with Crippen LogP contribution in [0, 0.1) is 25.2 Å². The smallest absolute Gasteiger partial charge is 0.287 e. The van der Waals surface area contributed by atoms with E-state index < -0.39 is 0 Å². The Bertz CT molecular complexity index is 1450. The van der Waals surface area contributed by atoms with Crippen LogP contribution in [0.3, 0.4) is 0 Å². The van der Waals surface area contributed by atoms with Crippen LogP contribution in [-0.2, 0) is 7.05 Å². The summed E-state index contributed by atoms with van der Waals surface area (Å²) in [5.74, 6) is 0. The number of benzene rings is 3. The molecule has 0 amide bonds. The molecule has 0 atom stereocenters. The summed E-state index contributed by atoms with van der Waals surface area (Å²) < 4.78 is 8.39. The second-order valence-electron chi connectivity index (χ2n) is 7.22. The van der Waals surface area contributed by atoms with Gasteiger partial charge < -0.3 is 4.42 Å². The lowest BCUT2D eigenvalue weighted by Gasteiger charge is -2.11. The van der Waals surface area contributed by atoms with E-state index in [2.05, 4.69) is 41.6 Å². The van der Waals surface area contributed by atoms with Gasteiger partial charge in [-0.25, -0.2) is 4.57 Å². The first-order chi connectivity index (χ1) is 13.6. The molecule has 0 unspecified atom stereocenters. The van der Waals surface area contributed by atoms with Crippen LogP contribution in [0.2, 0.25) is 0 Å². The monoisotopic (exact) mass is 364 g/mol. The van der Waals surface area contributed by atoms with Crippen molar-refractivity contribution in [3.8, 4) is 17.3 Å². The molecule has 4 nitrogen and oxygen atoms in total. The zero-order valence-electron chi connectivity index (χ0n) is 15.9. The molecule has 0 spiro atoms. The van der Waals surface area contributed by atoms with Crippen molar-refractivity contribution in [2.24, 2.45) is 7.05 Å². The number of para-hydroxylation sites is 1. The van der Waals surface area contributed by atoms with Crippen LogP contribution in [0.25, 0.3) is 44.1 Å². The van der Waals surface area contributed by atoms with Crippen LogP contribution in [0.15, 0.2) is 59.3 Å². The molecule has 134 valence electrons. The van der Waals surface area contributed by atoms with Crippen molar-refractivity contribution in [2.45, 2.75) is 13.8 Å². The maximum Gasteiger partial charge on any atom is 0.287 e. The minimum Gasteiger partial charge on any atom is -0.455 e. The summed E-state index contributed by atoms with van der Waals surface area (Å²) in [6, 6.07) is 18.2. The van der Waals surface area contributed by atoms with E-state index in [4.69, 9.17) is 4.42 Å². The molecule has 2 heterocycles. The summed E-state index contributed by atoms with van der Waals surface area (Å²) in [7, 11) is 2.01. The van der Waals surface area contributed by atoms with Crippen LogP contribution in [0.5, 0.6) is 0 Å². The van der Waals surface area contributed by atoms with Crippen molar-refractivity contribution in [3.05, 3.63) is 71.5 Å². The van der Waals surface area contributed by atoms with Crippen LogP contribution in [0.1, 0.15) is 16.7 Å². The minimum absolute atomic E-state index is 0.599. The number of hydrogen-bond acceptors (Lipinski definition) is 3. The lowest BCUT2D eigenvalue weighted by molar-refractivity contribution is -0.662. The molecule has 2 aromatic heterocycles. The molecule has 0 aliphatic heterocycles. The Morgan fingerprint density at radius 2 is 1.82 bits per heavy atom. The van der Waals surface area contributed by atoms with Gasteiger partial charge in [-0.3, -0.25) is 0 Å². The highest BCUT2D eigenvalue weighted by atomic mass is 16.3. The van der Waals surface area contributed by atoms with E-state index in [1.165, 1.54) is 11.1 Å². The van der Waals surface area contributed by atoms with Crippen LogP contribution in [0.4, 0.5) is 0 Å². The van der Waals surface area contributed by atoms with Gasteiger partial charge in [-0.1, -0.05) is 12.1 Å². The normalized spacial score (nSPS) is 11.4. The Kier molecular flexibility index (Phi) is 3.47. The highest BCUT2D eigenvalue weighted by molar-refractivity contribution is 6.12. The third-order valence-corrected chi connectivity index (χ3v) is 5.53. The van der Waals surface area contributed by atoms with Crippen molar-refractivity contribution in [3.63, 3.8) is 0 Å². The molecule has 0 fully saturated rings. The number of nitriles is 1. The SMILES string of the molecule is Cc1cc2c(oc3cc(C#N)ccc32)c(-c2c3ccccc3nc[n+]2C)c1C. The van der Waals surface area contributed by atoms with Gasteiger partial charge in [0.2, 0.25) is 0 Å². The Labute approximate surface area is 162 Å². The first-order valence-corrected chi connectivity index (χ1v) is 9.19. The number of fused-ring (bicyclic) bond motifs is 4. The number of nitrogens with zero attached hydrogens (tertiary/aromatic N) is 3.